The summed E-state index contributed by atoms with van der Waals surface area (Å²) in [6.45, 7) is 1.54. The third-order valence-corrected chi connectivity index (χ3v) is 4.67. The maximum Gasteiger partial charge on any atom is 0.454 e. The topological polar surface area (TPSA) is 65.2 Å². The van der Waals surface area contributed by atoms with Crippen molar-refractivity contribution < 1.29 is 31.5 Å². The van der Waals surface area contributed by atoms with Crippen LogP contribution in [-0.2, 0) is 5.41 Å². The number of hydrogen-bond acceptors (Lipinski definition) is 3. The van der Waals surface area contributed by atoms with Crippen molar-refractivity contribution in [3.63, 3.8) is 0 Å². The number of hydrogen-bond donors (Lipinski definition) is 1. The normalized spacial score (nSPS) is 16.1. The van der Waals surface area contributed by atoms with Gasteiger partial charge in [0.25, 0.3) is 0 Å². The van der Waals surface area contributed by atoms with Crippen LogP contribution in [0.5, 0.6) is 11.6 Å². The number of amides is 1. The predicted molar refractivity (Wildman–Crippen MR) is 85.9 cm³/mol. The molecule has 0 saturated heterocycles. The zero-order valence-corrected chi connectivity index (χ0v) is 14.1. The minimum absolute atomic E-state index is 0.0771. The van der Waals surface area contributed by atoms with Crippen molar-refractivity contribution in [2.75, 3.05) is 0 Å². The highest BCUT2D eigenvalue weighted by atomic mass is 19.4. The van der Waals surface area contributed by atoms with E-state index < -0.39 is 23.4 Å². The van der Waals surface area contributed by atoms with Crippen LogP contribution in [0.1, 0.15) is 34.3 Å². The lowest BCUT2D eigenvalue weighted by molar-refractivity contribution is -0.296. The van der Waals surface area contributed by atoms with Crippen LogP contribution in [0.3, 0.4) is 0 Å². The maximum absolute atomic E-state index is 13.9. The second kappa shape index (κ2) is 6.17. The molecule has 1 fully saturated rings. The molecule has 1 amide bonds. The average Bonchev–Trinajstić information content (AvgIpc) is 3.38. The average molecular weight is 386 g/mol. The Kier molecular flexibility index (Phi) is 4.36. The lowest BCUT2D eigenvalue weighted by atomic mass is 9.87. The number of alkyl halides is 5. The summed E-state index contributed by atoms with van der Waals surface area (Å²) < 4.78 is 71.8. The lowest BCUT2D eigenvalue weighted by Crippen LogP contribution is -2.47. The first-order valence-electron chi connectivity index (χ1n) is 7.97. The molecule has 0 bridgehead atoms. The summed E-state index contributed by atoms with van der Waals surface area (Å²) in [4.78, 5) is 14.9. The van der Waals surface area contributed by atoms with E-state index in [1.54, 1.807) is 6.92 Å². The van der Waals surface area contributed by atoms with E-state index >= 15 is 0 Å². The lowest BCUT2D eigenvalue weighted by Gasteiger charge is -2.29. The fraction of sp³-hybridized carbons (Fsp3) is 0.333. The number of nitrogens with two attached hydrogens (primary N) is 1. The van der Waals surface area contributed by atoms with Crippen molar-refractivity contribution in [3.8, 4) is 11.6 Å². The molecule has 0 unspecified atom stereocenters. The predicted octanol–water partition coefficient (Wildman–Crippen LogP) is 4.51. The van der Waals surface area contributed by atoms with Crippen LogP contribution in [0.25, 0.3) is 0 Å². The number of nitrogens with zero attached hydrogens (tertiary/aromatic N) is 1. The number of pyridine rings is 1. The molecule has 3 rings (SSSR count). The van der Waals surface area contributed by atoms with E-state index in [0.29, 0.717) is 5.56 Å². The molecule has 0 aliphatic heterocycles. The van der Waals surface area contributed by atoms with Crippen LogP contribution < -0.4 is 10.5 Å². The molecule has 1 aliphatic rings. The Labute approximate surface area is 151 Å². The summed E-state index contributed by atoms with van der Waals surface area (Å²) in [6, 6.07) is 6.62. The number of aromatic nitrogens is 1. The molecule has 0 spiro atoms. The minimum atomic E-state index is -5.61. The van der Waals surface area contributed by atoms with E-state index in [-0.39, 0.29) is 35.6 Å². The summed E-state index contributed by atoms with van der Waals surface area (Å²) in [7, 11) is 0. The van der Waals surface area contributed by atoms with Crippen LogP contribution in [0.4, 0.5) is 22.0 Å². The number of aryl methyl sites for hydroxylation is 1. The largest absolute Gasteiger partial charge is 0.454 e. The molecule has 2 aromatic rings. The molecular formula is C18H15F5N2O2. The Morgan fingerprint density at radius 3 is 2.26 bits per heavy atom. The van der Waals surface area contributed by atoms with Gasteiger partial charge < -0.3 is 10.5 Å². The van der Waals surface area contributed by atoms with Crippen molar-refractivity contribution in [1.82, 2.24) is 4.98 Å². The Balaban J connectivity index is 1.85. The first-order chi connectivity index (χ1) is 12.5. The van der Waals surface area contributed by atoms with Crippen LogP contribution in [0, 0.1) is 6.92 Å². The quantitative estimate of drug-likeness (QED) is 0.769. The van der Waals surface area contributed by atoms with Gasteiger partial charge in [-0.25, -0.2) is 4.98 Å². The van der Waals surface area contributed by atoms with Crippen LogP contribution in [-0.4, -0.2) is 23.0 Å². The first kappa shape index (κ1) is 19.1. The van der Waals surface area contributed by atoms with E-state index in [1.807, 2.05) is 0 Å². The van der Waals surface area contributed by atoms with E-state index in [4.69, 9.17) is 10.5 Å². The smallest absolute Gasteiger partial charge is 0.439 e. The van der Waals surface area contributed by atoms with Gasteiger partial charge in [0.1, 0.15) is 5.75 Å². The zero-order valence-electron chi connectivity index (χ0n) is 14.1. The molecule has 1 heterocycles. The summed E-state index contributed by atoms with van der Waals surface area (Å²) in [6.07, 6.45) is -4.88. The molecular weight excluding hydrogens is 371 g/mol. The summed E-state index contributed by atoms with van der Waals surface area (Å²) in [5, 5.41) is 0. The highest BCUT2D eigenvalue weighted by Gasteiger charge is 2.75. The van der Waals surface area contributed by atoms with Crippen molar-refractivity contribution in [1.29, 1.82) is 0 Å². The molecule has 0 atom stereocenters. The van der Waals surface area contributed by atoms with Gasteiger partial charge in [-0.05, 0) is 43.0 Å². The molecule has 1 saturated carbocycles. The first-order valence-corrected chi connectivity index (χ1v) is 7.97. The molecule has 1 aromatic heterocycles. The van der Waals surface area contributed by atoms with E-state index in [0.717, 1.165) is 0 Å². The third-order valence-electron chi connectivity index (χ3n) is 4.67. The molecule has 4 nitrogen and oxygen atoms in total. The molecule has 9 heteroatoms. The Morgan fingerprint density at radius 1 is 1.15 bits per heavy atom. The molecule has 27 heavy (non-hydrogen) atoms. The SMILES string of the molecule is Cc1cc(C2(C(F)(F)C(F)(F)F)CC2)ccc1Oc1ccc(C(N)=O)cn1. The van der Waals surface area contributed by atoms with Crippen molar-refractivity contribution in [2.45, 2.75) is 37.3 Å². The monoisotopic (exact) mass is 386 g/mol. The molecule has 1 aromatic carbocycles. The summed E-state index contributed by atoms with van der Waals surface area (Å²) >= 11 is 0. The fourth-order valence-corrected chi connectivity index (χ4v) is 2.94. The number of carbonyl (C=O) groups excluding carboxylic acids is 1. The van der Waals surface area contributed by atoms with Gasteiger partial charge in [0.05, 0.1) is 11.0 Å². The third kappa shape index (κ3) is 3.22. The number of ether oxygens (including phenoxy) is 1. The Hall–Kier alpha value is -2.71. The van der Waals surface area contributed by atoms with Gasteiger partial charge in [0.15, 0.2) is 0 Å². The van der Waals surface area contributed by atoms with Gasteiger partial charge in [0, 0.05) is 12.3 Å². The standard InChI is InChI=1S/C18H15F5N2O2/c1-10-8-12(16(6-7-16)17(19,20)18(21,22)23)3-4-13(10)27-14-5-2-11(9-25-14)15(24)26/h2-5,8-9H,6-7H2,1H3,(H2,24,26). The highest BCUT2D eigenvalue weighted by molar-refractivity contribution is 5.92. The molecule has 144 valence electrons. The van der Waals surface area contributed by atoms with Gasteiger partial charge in [-0.2, -0.15) is 22.0 Å². The number of halogens is 5. The maximum atomic E-state index is 13.9. The number of rotatable bonds is 5. The molecule has 0 radical (unpaired) electrons. The van der Waals surface area contributed by atoms with Gasteiger partial charge in [-0.15, -0.1) is 0 Å². The minimum Gasteiger partial charge on any atom is -0.439 e. The number of carbonyl (C=O) groups is 1. The van der Waals surface area contributed by atoms with Crippen LogP contribution in [0.15, 0.2) is 36.5 Å². The second-order valence-corrected chi connectivity index (χ2v) is 6.49. The molecule has 2 N–H and O–H groups in total. The van der Waals surface area contributed by atoms with Crippen LogP contribution in [0.2, 0.25) is 0 Å². The van der Waals surface area contributed by atoms with Gasteiger partial charge >= 0.3 is 12.1 Å². The van der Waals surface area contributed by atoms with Gasteiger partial charge in [-0.1, -0.05) is 12.1 Å². The highest BCUT2D eigenvalue weighted by Crippen LogP contribution is 2.63. The van der Waals surface area contributed by atoms with Crippen molar-refractivity contribution in [3.05, 3.63) is 53.2 Å². The molecule has 1 aliphatic carbocycles. The summed E-state index contributed by atoms with van der Waals surface area (Å²) in [5.41, 5.74) is 3.37. The Morgan fingerprint density at radius 2 is 1.81 bits per heavy atom. The van der Waals surface area contributed by atoms with Crippen molar-refractivity contribution in [2.24, 2.45) is 5.73 Å². The van der Waals surface area contributed by atoms with Gasteiger partial charge in [-0.3, -0.25) is 4.79 Å². The van der Waals surface area contributed by atoms with E-state index in [1.165, 1.54) is 36.5 Å². The zero-order chi connectivity index (χ0) is 20.0. The number of primary amides is 1. The fourth-order valence-electron chi connectivity index (χ4n) is 2.94. The van der Waals surface area contributed by atoms with Crippen molar-refractivity contribution >= 4 is 5.91 Å². The Bertz CT molecular complexity index is 874. The number of benzene rings is 1. The van der Waals surface area contributed by atoms with E-state index in [2.05, 4.69) is 4.98 Å². The summed E-state index contributed by atoms with van der Waals surface area (Å²) in [5.74, 6) is -5.09. The van der Waals surface area contributed by atoms with Gasteiger partial charge in [0.2, 0.25) is 11.8 Å². The second-order valence-electron chi connectivity index (χ2n) is 6.49. The van der Waals surface area contributed by atoms with Crippen LogP contribution >= 0.6 is 0 Å². The van der Waals surface area contributed by atoms with E-state index in [9.17, 15) is 26.7 Å².